The van der Waals surface area contributed by atoms with Crippen molar-refractivity contribution in [1.29, 1.82) is 0 Å². The van der Waals surface area contributed by atoms with Crippen molar-refractivity contribution in [3.8, 4) is 5.75 Å². The Morgan fingerprint density at radius 3 is 2.65 bits per heavy atom. The van der Waals surface area contributed by atoms with Crippen molar-refractivity contribution in [2.45, 2.75) is 30.4 Å². The highest BCUT2D eigenvalue weighted by Gasteiger charge is 2.21. The van der Waals surface area contributed by atoms with E-state index in [-0.39, 0.29) is 6.04 Å². The zero-order valence-corrected chi connectivity index (χ0v) is 12.8. The summed E-state index contributed by atoms with van der Waals surface area (Å²) in [5, 5.41) is 4.53. The Morgan fingerprint density at radius 2 is 2.10 bits per heavy atom. The summed E-state index contributed by atoms with van der Waals surface area (Å²) in [7, 11) is 1.68. The first kappa shape index (κ1) is 14.9. The molecule has 2 atom stereocenters. The number of nitrogens with zero attached hydrogens (tertiary/aromatic N) is 1. The van der Waals surface area contributed by atoms with Gasteiger partial charge in [-0.1, -0.05) is 37.7 Å². The number of aromatic nitrogens is 1. The first-order valence-corrected chi connectivity index (χ1v) is 7.56. The van der Waals surface area contributed by atoms with Crippen LogP contribution in [0.3, 0.4) is 0 Å². The van der Waals surface area contributed by atoms with E-state index in [1.165, 1.54) is 5.56 Å². The van der Waals surface area contributed by atoms with Gasteiger partial charge in [-0.05, 0) is 24.2 Å². The van der Waals surface area contributed by atoms with E-state index in [0.29, 0.717) is 10.5 Å². The normalized spacial score (nSPS) is 13.9. The highest BCUT2D eigenvalue weighted by atomic mass is 32.2. The number of thioether (sulfide) groups is 1. The molecule has 20 heavy (non-hydrogen) atoms. The molecule has 0 saturated heterocycles. The molecule has 0 amide bonds. The molecule has 0 aliphatic carbocycles. The molecule has 1 aromatic carbocycles. The van der Waals surface area contributed by atoms with Crippen LogP contribution in [0.4, 0.5) is 0 Å². The van der Waals surface area contributed by atoms with Crippen molar-refractivity contribution in [3.63, 3.8) is 0 Å². The summed E-state index contributed by atoms with van der Waals surface area (Å²) in [5.74, 6) is 0.872. The second-order valence-electron chi connectivity index (χ2n) is 4.43. The van der Waals surface area contributed by atoms with Crippen molar-refractivity contribution >= 4 is 11.8 Å². The number of rotatable bonds is 7. The van der Waals surface area contributed by atoms with Crippen molar-refractivity contribution in [3.05, 3.63) is 42.3 Å². The maximum absolute atomic E-state index is 5.31. The highest BCUT2D eigenvalue weighted by Crippen LogP contribution is 2.31. The molecule has 0 spiro atoms. The van der Waals surface area contributed by atoms with Gasteiger partial charge in [-0.2, -0.15) is 0 Å². The molecule has 2 rings (SSSR count). The van der Waals surface area contributed by atoms with Gasteiger partial charge in [0.25, 0.3) is 5.22 Å². The van der Waals surface area contributed by atoms with Crippen molar-refractivity contribution in [2.75, 3.05) is 13.7 Å². The van der Waals surface area contributed by atoms with E-state index in [1.807, 2.05) is 12.1 Å². The fraction of sp³-hybridized carbons (Fsp3) is 0.400. The molecule has 0 aliphatic heterocycles. The summed E-state index contributed by atoms with van der Waals surface area (Å²) < 4.78 is 10.5. The summed E-state index contributed by atoms with van der Waals surface area (Å²) >= 11 is 1.63. The molecule has 1 aromatic heterocycles. The quantitative estimate of drug-likeness (QED) is 0.791. The van der Waals surface area contributed by atoms with Crippen LogP contribution >= 0.6 is 11.8 Å². The van der Waals surface area contributed by atoms with Crippen LogP contribution in [0.15, 0.2) is 46.4 Å². The van der Waals surface area contributed by atoms with E-state index < -0.39 is 0 Å². The van der Waals surface area contributed by atoms with Crippen LogP contribution in [0.25, 0.3) is 0 Å². The lowest BCUT2D eigenvalue weighted by molar-refractivity contribution is 0.414. The van der Waals surface area contributed by atoms with Crippen LogP contribution in [-0.2, 0) is 0 Å². The van der Waals surface area contributed by atoms with Gasteiger partial charge in [0.15, 0.2) is 0 Å². The summed E-state index contributed by atoms with van der Waals surface area (Å²) in [4.78, 5) is 4.17. The monoisotopic (exact) mass is 292 g/mol. The molecule has 2 aromatic rings. The Kier molecular flexibility index (Phi) is 5.49. The molecule has 0 bridgehead atoms. The lowest BCUT2D eigenvalue weighted by atomic mass is 10.0. The Hall–Kier alpha value is -1.46. The second-order valence-corrected chi connectivity index (χ2v) is 5.76. The van der Waals surface area contributed by atoms with Gasteiger partial charge in [0.2, 0.25) is 0 Å². The topological polar surface area (TPSA) is 47.3 Å². The Morgan fingerprint density at radius 1 is 1.35 bits per heavy atom. The Bertz CT molecular complexity index is 499. The van der Waals surface area contributed by atoms with Gasteiger partial charge in [0.1, 0.15) is 12.0 Å². The summed E-state index contributed by atoms with van der Waals surface area (Å²) in [6.07, 6.45) is 3.27. The second kappa shape index (κ2) is 7.36. The van der Waals surface area contributed by atoms with Crippen molar-refractivity contribution < 1.29 is 9.15 Å². The van der Waals surface area contributed by atoms with E-state index in [0.717, 1.165) is 12.3 Å². The Balaban J connectivity index is 2.11. The summed E-state index contributed by atoms with van der Waals surface area (Å²) in [6.45, 7) is 5.19. The molecule has 5 heteroatoms. The predicted octanol–water partition coefficient (Wildman–Crippen LogP) is 3.51. The number of methoxy groups -OCH3 is 1. The summed E-state index contributed by atoms with van der Waals surface area (Å²) in [5.41, 5.74) is 1.24. The van der Waals surface area contributed by atoms with Crippen LogP contribution in [-0.4, -0.2) is 23.9 Å². The summed E-state index contributed by atoms with van der Waals surface area (Å²) in [6, 6.07) is 8.41. The van der Waals surface area contributed by atoms with Crippen LogP contribution in [0.5, 0.6) is 5.75 Å². The molecule has 4 nitrogen and oxygen atoms in total. The minimum absolute atomic E-state index is 0.239. The van der Waals surface area contributed by atoms with Gasteiger partial charge in [-0.25, -0.2) is 4.98 Å². The molecule has 108 valence electrons. The maximum Gasteiger partial charge on any atom is 0.255 e. The lowest BCUT2D eigenvalue weighted by Gasteiger charge is -2.24. The molecule has 1 N–H and O–H groups in total. The fourth-order valence-electron chi connectivity index (χ4n) is 2.08. The lowest BCUT2D eigenvalue weighted by Crippen LogP contribution is -2.28. The van der Waals surface area contributed by atoms with Crippen LogP contribution < -0.4 is 10.1 Å². The zero-order chi connectivity index (χ0) is 14.4. The number of ether oxygens (including phenoxy) is 1. The average Bonchev–Trinajstić information content (AvgIpc) is 2.97. The minimum atomic E-state index is 0.239. The SMILES string of the molecule is CCNC(c1ccc(OC)cc1)C(C)Sc1ncco1. The van der Waals surface area contributed by atoms with Gasteiger partial charge >= 0.3 is 0 Å². The third-order valence-electron chi connectivity index (χ3n) is 3.06. The third-order valence-corrected chi connectivity index (χ3v) is 4.11. The van der Waals surface area contributed by atoms with Gasteiger partial charge in [-0.15, -0.1) is 0 Å². The number of hydrogen-bond acceptors (Lipinski definition) is 5. The van der Waals surface area contributed by atoms with E-state index in [9.17, 15) is 0 Å². The zero-order valence-electron chi connectivity index (χ0n) is 12.0. The largest absolute Gasteiger partial charge is 0.497 e. The minimum Gasteiger partial charge on any atom is -0.497 e. The van der Waals surface area contributed by atoms with Gasteiger partial charge in [-0.3, -0.25) is 0 Å². The first-order chi connectivity index (χ1) is 9.74. The highest BCUT2D eigenvalue weighted by molar-refractivity contribution is 7.99. The number of hydrogen-bond donors (Lipinski definition) is 1. The van der Waals surface area contributed by atoms with E-state index in [2.05, 4.69) is 36.3 Å². The molecule has 0 radical (unpaired) electrons. The van der Waals surface area contributed by atoms with Crippen LogP contribution in [0, 0.1) is 0 Å². The van der Waals surface area contributed by atoms with E-state index in [1.54, 1.807) is 31.3 Å². The fourth-order valence-corrected chi connectivity index (χ4v) is 3.02. The average molecular weight is 292 g/mol. The third kappa shape index (κ3) is 3.77. The number of nitrogens with one attached hydrogen (secondary N) is 1. The first-order valence-electron chi connectivity index (χ1n) is 6.68. The number of benzene rings is 1. The Labute approximate surface area is 123 Å². The van der Waals surface area contributed by atoms with E-state index in [4.69, 9.17) is 9.15 Å². The number of oxazole rings is 1. The molecule has 0 saturated carbocycles. The molecule has 2 unspecified atom stereocenters. The van der Waals surface area contributed by atoms with Crippen molar-refractivity contribution in [2.24, 2.45) is 0 Å². The van der Waals surface area contributed by atoms with E-state index >= 15 is 0 Å². The molecular weight excluding hydrogens is 272 g/mol. The van der Waals surface area contributed by atoms with Crippen molar-refractivity contribution in [1.82, 2.24) is 10.3 Å². The van der Waals surface area contributed by atoms with Gasteiger partial charge in [0.05, 0.1) is 13.3 Å². The molecule has 1 heterocycles. The maximum atomic E-state index is 5.31. The molecule has 0 fully saturated rings. The van der Waals surface area contributed by atoms with Crippen LogP contribution in [0.1, 0.15) is 25.5 Å². The predicted molar refractivity (Wildman–Crippen MR) is 81.2 cm³/mol. The molecule has 0 aliphatic rings. The standard InChI is InChI=1S/C15H20N2O2S/c1-4-16-14(11(2)20-15-17-9-10-19-15)12-5-7-13(18-3)8-6-12/h5-11,14,16H,4H2,1-3H3. The van der Waals surface area contributed by atoms with Crippen LogP contribution in [0.2, 0.25) is 0 Å². The van der Waals surface area contributed by atoms with Gasteiger partial charge < -0.3 is 14.5 Å². The van der Waals surface area contributed by atoms with Gasteiger partial charge in [0, 0.05) is 11.3 Å². The molecular formula is C15H20N2O2S. The smallest absolute Gasteiger partial charge is 0.255 e.